The number of benzene rings is 1. The molecule has 7 nitrogen and oxygen atoms in total. The van der Waals surface area contributed by atoms with Gasteiger partial charge in [-0.3, -0.25) is 9.59 Å². The van der Waals surface area contributed by atoms with Crippen molar-refractivity contribution in [2.45, 2.75) is 25.4 Å². The minimum Gasteiger partial charge on any atom is -0.364 e. The molecular formula is C14H14F3N5O2. The Morgan fingerprint density at radius 2 is 1.71 bits per heavy atom. The van der Waals surface area contributed by atoms with Crippen molar-refractivity contribution < 1.29 is 22.8 Å². The third kappa shape index (κ3) is 3.21. The van der Waals surface area contributed by atoms with Crippen LogP contribution in [0.2, 0.25) is 0 Å². The highest BCUT2D eigenvalue weighted by atomic mass is 19.4. The molecule has 1 aromatic carbocycles. The van der Waals surface area contributed by atoms with E-state index in [2.05, 4.69) is 20.7 Å². The highest BCUT2D eigenvalue weighted by Crippen LogP contribution is 2.40. The first kappa shape index (κ1) is 17.4. The molecule has 0 aliphatic heterocycles. The van der Waals surface area contributed by atoms with E-state index >= 15 is 0 Å². The number of primary amides is 1. The van der Waals surface area contributed by atoms with Gasteiger partial charge in [-0.1, -0.05) is 12.1 Å². The molecule has 1 aromatic heterocycles. The number of nitrogens with zero attached hydrogens (tertiary/aromatic N) is 2. The van der Waals surface area contributed by atoms with Crippen LogP contribution in [0.5, 0.6) is 0 Å². The number of rotatable bonds is 4. The summed E-state index contributed by atoms with van der Waals surface area (Å²) in [7, 11) is 0. The van der Waals surface area contributed by atoms with Crippen molar-refractivity contribution >= 4 is 17.6 Å². The van der Waals surface area contributed by atoms with Crippen LogP contribution in [-0.4, -0.2) is 33.4 Å². The molecule has 10 heteroatoms. The number of alkyl halides is 3. The second-order valence-electron chi connectivity index (χ2n) is 5.54. The van der Waals surface area contributed by atoms with Gasteiger partial charge in [-0.15, -0.1) is 10.2 Å². The Bertz CT molecular complexity index is 765. The molecule has 1 heterocycles. The molecule has 2 aromatic rings. The Morgan fingerprint density at radius 1 is 1.12 bits per heavy atom. The van der Waals surface area contributed by atoms with E-state index in [0.29, 0.717) is 0 Å². The number of hydrogen-bond donors (Lipinski definition) is 3. The number of nitrogens with two attached hydrogens (primary N) is 1. The number of aromatic amines is 1. The summed E-state index contributed by atoms with van der Waals surface area (Å²) in [5, 5.41) is 11.5. The van der Waals surface area contributed by atoms with Crippen LogP contribution in [0.25, 0.3) is 0 Å². The topological polar surface area (TPSA) is 114 Å². The number of halogens is 3. The average Bonchev–Trinajstić information content (AvgIpc) is 2.94. The predicted molar refractivity (Wildman–Crippen MR) is 78.4 cm³/mol. The predicted octanol–water partition coefficient (Wildman–Crippen LogP) is 2.00. The molecule has 128 valence electrons. The summed E-state index contributed by atoms with van der Waals surface area (Å²) in [6, 6.07) is 4.95. The van der Waals surface area contributed by atoms with E-state index in [1.165, 1.54) is 24.3 Å². The normalized spacial score (nSPS) is 12.0. The minimum absolute atomic E-state index is 0.0193. The number of carbonyl (C=O) groups excluding carboxylic acids is 2. The molecule has 0 saturated heterocycles. The van der Waals surface area contributed by atoms with Gasteiger partial charge in [-0.2, -0.15) is 18.4 Å². The number of nitrogens with one attached hydrogen (secondary N) is 2. The molecule has 24 heavy (non-hydrogen) atoms. The Morgan fingerprint density at radius 3 is 2.21 bits per heavy atom. The fourth-order valence-corrected chi connectivity index (χ4v) is 1.87. The summed E-state index contributed by atoms with van der Waals surface area (Å²) in [6.45, 7) is 2.10. The van der Waals surface area contributed by atoms with Crippen molar-refractivity contribution in [2.75, 3.05) is 5.32 Å². The minimum atomic E-state index is -4.42. The van der Waals surface area contributed by atoms with E-state index in [1.807, 2.05) is 0 Å². The van der Waals surface area contributed by atoms with E-state index in [-0.39, 0.29) is 22.6 Å². The zero-order valence-electron chi connectivity index (χ0n) is 12.7. The zero-order chi connectivity index (χ0) is 18.1. The first-order valence-corrected chi connectivity index (χ1v) is 6.73. The molecular weight excluding hydrogens is 327 g/mol. The van der Waals surface area contributed by atoms with Crippen LogP contribution in [0.15, 0.2) is 24.3 Å². The van der Waals surface area contributed by atoms with Crippen LogP contribution in [-0.2, 0) is 5.41 Å². The van der Waals surface area contributed by atoms with Crippen molar-refractivity contribution in [3.8, 4) is 0 Å². The van der Waals surface area contributed by atoms with Gasteiger partial charge in [-0.05, 0) is 31.5 Å². The van der Waals surface area contributed by atoms with Gasteiger partial charge < -0.3 is 11.1 Å². The third-order valence-corrected chi connectivity index (χ3v) is 3.59. The average molecular weight is 341 g/mol. The van der Waals surface area contributed by atoms with Gasteiger partial charge in [0, 0.05) is 5.56 Å². The Kier molecular flexibility index (Phi) is 4.32. The summed E-state index contributed by atoms with van der Waals surface area (Å²) in [4.78, 5) is 23.2. The van der Waals surface area contributed by atoms with Crippen LogP contribution in [0.3, 0.4) is 0 Å². The molecule has 4 N–H and O–H groups in total. The number of anilines is 1. The van der Waals surface area contributed by atoms with Crippen LogP contribution in [0.1, 0.15) is 40.3 Å². The monoisotopic (exact) mass is 341 g/mol. The van der Waals surface area contributed by atoms with Crippen molar-refractivity contribution in [1.29, 1.82) is 0 Å². The molecule has 0 radical (unpaired) electrons. The van der Waals surface area contributed by atoms with Crippen molar-refractivity contribution in [2.24, 2.45) is 5.73 Å². The Balaban J connectivity index is 2.20. The maximum atomic E-state index is 13.0. The number of aromatic nitrogens is 3. The van der Waals surface area contributed by atoms with Gasteiger partial charge in [0.1, 0.15) is 0 Å². The summed E-state index contributed by atoms with van der Waals surface area (Å²) in [5.74, 6) is -1.71. The van der Waals surface area contributed by atoms with E-state index in [9.17, 15) is 22.8 Å². The van der Waals surface area contributed by atoms with Crippen LogP contribution in [0, 0.1) is 0 Å². The molecule has 0 aliphatic carbocycles. The smallest absolute Gasteiger partial charge is 0.364 e. The number of carbonyl (C=O) groups is 2. The lowest BCUT2D eigenvalue weighted by molar-refractivity contribution is -0.180. The van der Waals surface area contributed by atoms with E-state index in [1.54, 1.807) is 0 Å². The molecule has 0 unspecified atom stereocenters. The standard InChI is InChI=1S/C14H14F3N5O2/c1-13(2,14(15,16)17)8-5-3-7(4-6-8)12(24)19-11-9(10(18)23)20-22-21-11/h3-6H,1-2H3,(H2,18,23)(H2,19,20,21,22,24). The summed E-state index contributed by atoms with van der Waals surface area (Å²) >= 11 is 0. The van der Waals surface area contributed by atoms with Crippen molar-refractivity contribution in [3.63, 3.8) is 0 Å². The van der Waals surface area contributed by atoms with Gasteiger partial charge in [-0.25, -0.2) is 0 Å². The summed E-state index contributed by atoms with van der Waals surface area (Å²) < 4.78 is 39.0. The van der Waals surface area contributed by atoms with Crippen LogP contribution >= 0.6 is 0 Å². The number of H-pyrrole nitrogens is 1. The quantitative estimate of drug-likeness (QED) is 0.789. The first-order chi connectivity index (χ1) is 11.0. The number of amides is 2. The molecule has 2 rings (SSSR count). The second kappa shape index (κ2) is 5.95. The molecule has 2 amide bonds. The zero-order valence-corrected chi connectivity index (χ0v) is 12.7. The van der Waals surface area contributed by atoms with E-state index in [0.717, 1.165) is 13.8 Å². The highest BCUT2D eigenvalue weighted by molar-refractivity contribution is 6.07. The van der Waals surface area contributed by atoms with Gasteiger partial charge in [0.25, 0.3) is 11.8 Å². The van der Waals surface area contributed by atoms with Crippen LogP contribution in [0.4, 0.5) is 19.0 Å². The molecule has 0 fully saturated rings. The molecule has 0 atom stereocenters. The Hall–Kier alpha value is -2.91. The van der Waals surface area contributed by atoms with Crippen LogP contribution < -0.4 is 11.1 Å². The number of hydrogen-bond acceptors (Lipinski definition) is 4. The fraction of sp³-hybridized carbons (Fsp3) is 0.286. The maximum absolute atomic E-state index is 13.0. The van der Waals surface area contributed by atoms with Crippen molar-refractivity contribution in [3.05, 3.63) is 41.1 Å². The van der Waals surface area contributed by atoms with Gasteiger partial charge in [0.05, 0.1) is 5.41 Å². The molecule has 0 saturated carbocycles. The second-order valence-corrected chi connectivity index (χ2v) is 5.54. The van der Waals surface area contributed by atoms with E-state index < -0.39 is 23.4 Å². The highest BCUT2D eigenvalue weighted by Gasteiger charge is 2.48. The first-order valence-electron chi connectivity index (χ1n) is 6.73. The Labute approximate surface area is 134 Å². The summed E-state index contributed by atoms with van der Waals surface area (Å²) in [5.41, 5.74) is 2.87. The lowest BCUT2D eigenvalue weighted by Gasteiger charge is -2.28. The van der Waals surface area contributed by atoms with Gasteiger partial charge >= 0.3 is 6.18 Å². The lowest BCUT2D eigenvalue weighted by atomic mass is 9.83. The lowest BCUT2D eigenvalue weighted by Crippen LogP contribution is -2.36. The fourth-order valence-electron chi connectivity index (χ4n) is 1.87. The van der Waals surface area contributed by atoms with E-state index in [4.69, 9.17) is 5.73 Å². The molecule has 0 bridgehead atoms. The third-order valence-electron chi connectivity index (χ3n) is 3.59. The van der Waals surface area contributed by atoms with Gasteiger partial charge in [0.2, 0.25) is 0 Å². The SMILES string of the molecule is CC(C)(c1ccc(C(=O)Nc2n[nH]nc2C(N)=O)cc1)C(F)(F)F. The molecule has 0 aliphatic rings. The maximum Gasteiger partial charge on any atom is 0.397 e. The van der Waals surface area contributed by atoms with Crippen molar-refractivity contribution in [1.82, 2.24) is 15.4 Å². The largest absolute Gasteiger partial charge is 0.397 e. The van der Waals surface area contributed by atoms with Gasteiger partial charge in [0.15, 0.2) is 11.5 Å². The summed E-state index contributed by atoms with van der Waals surface area (Å²) in [6.07, 6.45) is -4.42. The molecule has 0 spiro atoms.